The highest BCUT2D eigenvalue weighted by molar-refractivity contribution is 5.80. The number of nitrogens with zero attached hydrogens (tertiary/aromatic N) is 1. The van der Waals surface area contributed by atoms with Crippen molar-refractivity contribution < 1.29 is 23.1 Å². The maximum atomic E-state index is 12.8. The van der Waals surface area contributed by atoms with E-state index in [9.17, 15) is 18.8 Å². The second-order valence-electron chi connectivity index (χ2n) is 6.12. The Morgan fingerprint density at radius 1 is 1.11 bits per heavy atom. The number of carbonyl (C=O) groups is 2. The molecular weight excluding hydrogens is 367 g/mol. The number of hydrogen-bond acceptors (Lipinski definition) is 5. The van der Waals surface area contributed by atoms with Gasteiger partial charge in [0.15, 0.2) is 12.2 Å². The number of nitrogens with one attached hydrogen (secondary N) is 1. The molecule has 0 saturated carbocycles. The molecule has 0 aliphatic carbocycles. The van der Waals surface area contributed by atoms with Crippen molar-refractivity contribution in [1.82, 2.24) is 9.88 Å². The number of halogens is 1. The van der Waals surface area contributed by atoms with E-state index in [4.69, 9.17) is 9.15 Å². The number of benzene rings is 2. The minimum Gasteiger partial charge on any atom is -0.456 e. The molecule has 8 heteroatoms. The summed E-state index contributed by atoms with van der Waals surface area (Å²) in [6.45, 7) is 0.0442. The van der Waals surface area contributed by atoms with Crippen LogP contribution < -0.4 is 11.1 Å². The summed E-state index contributed by atoms with van der Waals surface area (Å²) in [5, 5.41) is 2.62. The van der Waals surface area contributed by atoms with Gasteiger partial charge in [-0.3, -0.25) is 14.2 Å². The number of amides is 1. The molecule has 3 aromatic rings. The molecule has 1 heterocycles. The van der Waals surface area contributed by atoms with Crippen LogP contribution in [0.1, 0.15) is 12.0 Å². The van der Waals surface area contributed by atoms with Gasteiger partial charge in [0.1, 0.15) is 5.82 Å². The molecule has 146 valence electrons. The maximum Gasteiger partial charge on any atom is 0.419 e. The SMILES string of the molecule is O=C(COC(=O)CCn1c(=O)oc2ccccc21)NCCc1ccc(F)cc1. The van der Waals surface area contributed by atoms with Gasteiger partial charge in [-0.1, -0.05) is 24.3 Å². The van der Waals surface area contributed by atoms with Gasteiger partial charge < -0.3 is 14.5 Å². The zero-order valence-corrected chi connectivity index (χ0v) is 15.0. The fraction of sp³-hybridized carbons (Fsp3) is 0.250. The lowest BCUT2D eigenvalue weighted by molar-refractivity contribution is -0.148. The molecule has 7 nitrogen and oxygen atoms in total. The lowest BCUT2D eigenvalue weighted by Crippen LogP contribution is -2.30. The average Bonchev–Trinajstić information content (AvgIpc) is 3.01. The van der Waals surface area contributed by atoms with Gasteiger partial charge >= 0.3 is 11.7 Å². The van der Waals surface area contributed by atoms with Crippen LogP contribution in [0.25, 0.3) is 11.1 Å². The molecule has 1 aromatic heterocycles. The van der Waals surface area contributed by atoms with Gasteiger partial charge in [-0.25, -0.2) is 9.18 Å². The summed E-state index contributed by atoms with van der Waals surface area (Å²) in [5.41, 5.74) is 1.93. The number of ether oxygens (including phenoxy) is 1. The van der Waals surface area contributed by atoms with Crippen LogP contribution >= 0.6 is 0 Å². The molecule has 0 aliphatic rings. The van der Waals surface area contributed by atoms with E-state index in [1.807, 2.05) is 0 Å². The molecule has 0 spiro atoms. The number of aryl methyl sites for hydroxylation is 1. The lowest BCUT2D eigenvalue weighted by Gasteiger charge is -2.07. The Hall–Kier alpha value is -3.42. The number of fused-ring (bicyclic) bond motifs is 1. The van der Waals surface area contributed by atoms with Gasteiger partial charge in [-0.15, -0.1) is 0 Å². The molecule has 0 bridgehead atoms. The Kier molecular flexibility index (Phi) is 6.21. The number of rotatable bonds is 8. The predicted molar refractivity (Wildman–Crippen MR) is 99.2 cm³/mol. The monoisotopic (exact) mass is 386 g/mol. The number of aromatic nitrogens is 1. The lowest BCUT2D eigenvalue weighted by atomic mass is 10.1. The maximum absolute atomic E-state index is 12.8. The van der Waals surface area contributed by atoms with Gasteiger partial charge in [0.05, 0.1) is 11.9 Å². The summed E-state index contributed by atoms with van der Waals surface area (Å²) in [7, 11) is 0. The first-order valence-electron chi connectivity index (χ1n) is 8.78. The Morgan fingerprint density at radius 3 is 2.64 bits per heavy atom. The molecule has 0 unspecified atom stereocenters. The fourth-order valence-corrected chi connectivity index (χ4v) is 2.70. The van der Waals surface area contributed by atoms with E-state index in [0.29, 0.717) is 24.1 Å². The van der Waals surface area contributed by atoms with E-state index in [-0.39, 0.29) is 18.8 Å². The molecule has 2 aromatic carbocycles. The zero-order chi connectivity index (χ0) is 19.9. The van der Waals surface area contributed by atoms with Crippen LogP contribution in [0.3, 0.4) is 0 Å². The van der Waals surface area contributed by atoms with Crippen LogP contribution in [-0.4, -0.2) is 29.6 Å². The third kappa shape index (κ3) is 5.06. The standard InChI is InChI=1S/C20H19FN2O5/c21-15-7-5-14(6-8-15)9-11-22-18(24)13-27-19(25)10-12-23-16-3-1-2-4-17(16)28-20(23)26/h1-8H,9-13H2,(H,22,24). The van der Waals surface area contributed by atoms with Crippen molar-refractivity contribution in [3.63, 3.8) is 0 Å². The summed E-state index contributed by atoms with van der Waals surface area (Å²) in [5.74, 6) is -1.88. The summed E-state index contributed by atoms with van der Waals surface area (Å²) in [6, 6.07) is 12.9. The quantitative estimate of drug-likeness (QED) is 0.598. The number of carbonyl (C=O) groups excluding carboxylic acids is 2. The van der Waals surface area contributed by atoms with Gasteiger partial charge in [0.25, 0.3) is 5.91 Å². The summed E-state index contributed by atoms with van der Waals surface area (Å²) >= 11 is 0. The van der Waals surface area contributed by atoms with Crippen molar-refractivity contribution >= 4 is 23.0 Å². The Bertz CT molecular complexity index is 1020. The van der Waals surface area contributed by atoms with Crippen molar-refractivity contribution in [2.45, 2.75) is 19.4 Å². The van der Waals surface area contributed by atoms with Crippen LogP contribution in [-0.2, 0) is 27.3 Å². The molecule has 0 fully saturated rings. The van der Waals surface area contributed by atoms with Crippen molar-refractivity contribution in [3.05, 3.63) is 70.5 Å². The molecule has 1 amide bonds. The second kappa shape index (κ2) is 8.98. The minimum atomic E-state index is -0.592. The average molecular weight is 386 g/mol. The molecule has 28 heavy (non-hydrogen) atoms. The number of hydrogen-bond donors (Lipinski definition) is 1. The van der Waals surface area contributed by atoms with Gasteiger partial charge in [0, 0.05) is 13.1 Å². The normalized spacial score (nSPS) is 10.8. The first-order chi connectivity index (χ1) is 13.5. The highest BCUT2D eigenvalue weighted by Crippen LogP contribution is 2.12. The molecule has 0 atom stereocenters. The first kappa shape index (κ1) is 19.3. The van der Waals surface area contributed by atoms with E-state index < -0.39 is 24.2 Å². The Balaban J connectivity index is 1.39. The van der Waals surface area contributed by atoms with Crippen molar-refractivity contribution in [3.8, 4) is 0 Å². The van der Waals surface area contributed by atoms with Crippen molar-refractivity contribution in [2.75, 3.05) is 13.2 Å². The second-order valence-corrected chi connectivity index (χ2v) is 6.12. The zero-order valence-electron chi connectivity index (χ0n) is 15.0. The Labute approximate surface area is 159 Å². The summed E-state index contributed by atoms with van der Waals surface area (Å²) < 4.78 is 24.2. The fourth-order valence-electron chi connectivity index (χ4n) is 2.70. The summed E-state index contributed by atoms with van der Waals surface area (Å²) in [4.78, 5) is 35.4. The molecular formula is C20H19FN2O5. The van der Waals surface area contributed by atoms with Crippen LogP contribution in [0.15, 0.2) is 57.7 Å². The van der Waals surface area contributed by atoms with Crippen LogP contribution in [0, 0.1) is 5.82 Å². The number of para-hydroxylation sites is 2. The van der Waals surface area contributed by atoms with Crippen LogP contribution in [0.2, 0.25) is 0 Å². The predicted octanol–water partition coefficient (Wildman–Crippen LogP) is 2.03. The van der Waals surface area contributed by atoms with Crippen LogP contribution in [0.5, 0.6) is 0 Å². The molecule has 1 N–H and O–H groups in total. The minimum absolute atomic E-state index is 0.0632. The third-order valence-corrected chi connectivity index (χ3v) is 4.13. The van der Waals surface area contributed by atoms with E-state index in [2.05, 4.69) is 5.32 Å². The van der Waals surface area contributed by atoms with Crippen molar-refractivity contribution in [1.29, 1.82) is 0 Å². The number of esters is 1. The topological polar surface area (TPSA) is 90.5 Å². The Morgan fingerprint density at radius 2 is 1.86 bits per heavy atom. The van der Waals surface area contributed by atoms with Gasteiger partial charge in [-0.05, 0) is 36.2 Å². The van der Waals surface area contributed by atoms with Crippen molar-refractivity contribution in [2.24, 2.45) is 0 Å². The van der Waals surface area contributed by atoms with Gasteiger partial charge in [0.2, 0.25) is 0 Å². The summed E-state index contributed by atoms with van der Waals surface area (Å²) in [6.07, 6.45) is 0.475. The number of oxazole rings is 1. The van der Waals surface area contributed by atoms with Gasteiger partial charge in [-0.2, -0.15) is 0 Å². The first-order valence-corrected chi connectivity index (χ1v) is 8.78. The van der Waals surface area contributed by atoms with Crippen LogP contribution in [0.4, 0.5) is 4.39 Å². The molecule has 0 saturated heterocycles. The largest absolute Gasteiger partial charge is 0.456 e. The van der Waals surface area contributed by atoms with E-state index in [0.717, 1.165) is 5.56 Å². The van der Waals surface area contributed by atoms with E-state index >= 15 is 0 Å². The molecule has 0 radical (unpaired) electrons. The smallest absolute Gasteiger partial charge is 0.419 e. The molecule has 0 aliphatic heterocycles. The highest BCUT2D eigenvalue weighted by atomic mass is 19.1. The van der Waals surface area contributed by atoms with E-state index in [1.54, 1.807) is 36.4 Å². The van der Waals surface area contributed by atoms with E-state index in [1.165, 1.54) is 16.7 Å². The molecule has 3 rings (SSSR count). The highest BCUT2D eigenvalue weighted by Gasteiger charge is 2.12. The third-order valence-electron chi connectivity index (χ3n) is 4.13.